The molecule has 0 bridgehead atoms. The van der Waals surface area contributed by atoms with Gasteiger partial charge in [-0.05, 0) is 57.2 Å². The Bertz CT molecular complexity index is 492. The summed E-state index contributed by atoms with van der Waals surface area (Å²) in [6.45, 7) is 2.33. The van der Waals surface area contributed by atoms with Crippen LogP contribution in [0.5, 0.6) is 0 Å². The molecule has 1 aromatic heterocycles. The minimum atomic E-state index is -0.796. The normalized spacial score (nSPS) is 15.9. The first-order valence-corrected chi connectivity index (χ1v) is 8.33. The number of amides is 1. The molecule has 19 heavy (non-hydrogen) atoms. The first-order chi connectivity index (χ1) is 8.98. The Balaban J connectivity index is 2.00. The van der Waals surface area contributed by atoms with Gasteiger partial charge in [0.05, 0.1) is 15.3 Å². The smallest absolute Gasteiger partial charge is 0.331 e. The lowest BCUT2D eigenvalue weighted by Gasteiger charge is -2.15. The largest absolute Gasteiger partial charge is 0.464 e. The van der Waals surface area contributed by atoms with Crippen molar-refractivity contribution in [3.8, 4) is 0 Å². The monoisotopic (exact) mass is 409 g/mol. The van der Waals surface area contributed by atoms with E-state index in [-0.39, 0.29) is 11.9 Å². The minimum Gasteiger partial charge on any atom is -0.464 e. The van der Waals surface area contributed by atoms with Crippen LogP contribution in [-0.2, 0) is 9.53 Å². The van der Waals surface area contributed by atoms with Gasteiger partial charge < -0.3 is 10.1 Å². The van der Waals surface area contributed by atoms with Gasteiger partial charge >= 0.3 is 5.97 Å². The van der Waals surface area contributed by atoms with Crippen LogP contribution in [0, 0.1) is 0 Å². The summed E-state index contributed by atoms with van der Waals surface area (Å²) in [7, 11) is 0. The zero-order valence-electron chi connectivity index (χ0n) is 10.3. The molecule has 104 valence electrons. The average Bonchev–Trinajstić information content (AvgIpc) is 3.08. The lowest BCUT2D eigenvalue weighted by molar-refractivity contribution is -0.147. The van der Waals surface area contributed by atoms with E-state index in [0.717, 1.165) is 14.7 Å². The van der Waals surface area contributed by atoms with Crippen molar-refractivity contribution in [2.75, 3.05) is 6.61 Å². The molecule has 0 aromatic carbocycles. The van der Waals surface area contributed by atoms with E-state index in [1.54, 1.807) is 6.07 Å². The van der Waals surface area contributed by atoms with Gasteiger partial charge in [0, 0.05) is 4.47 Å². The zero-order valence-corrected chi connectivity index (χ0v) is 14.3. The van der Waals surface area contributed by atoms with Gasteiger partial charge in [-0.1, -0.05) is 6.92 Å². The lowest BCUT2D eigenvalue weighted by atomic mass is 10.2. The fourth-order valence-corrected chi connectivity index (χ4v) is 3.51. The maximum Gasteiger partial charge on any atom is 0.331 e. The van der Waals surface area contributed by atoms with E-state index in [1.165, 1.54) is 11.3 Å². The van der Waals surface area contributed by atoms with Gasteiger partial charge in [-0.15, -0.1) is 11.3 Å². The quantitative estimate of drug-likeness (QED) is 0.756. The van der Waals surface area contributed by atoms with Gasteiger partial charge in [0.15, 0.2) is 0 Å². The van der Waals surface area contributed by atoms with Crippen molar-refractivity contribution in [2.24, 2.45) is 0 Å². The number of esters is 1. The Labute approximate surface area is 132 Å². The van der Waals surface area contributed by atoms with E-state index in [0.29, 0.717) is 24.3 Å². The number of rotatable bonds is 5. The number of hydrogen-bond acceptors (Lipinski definition) is 4. The summed E-state index contributed by atoms with van der Waals surface area (Å²) in [6.07, 6.45) is 2.07. The zero-order chi connectivity index (χ0) is 14.0. The van der Waals surface area contributed by atoms with E-state index < -0.39 is 5.54 Å². The maximum absolute atomic E-state index is 12.1. The van der Waals surface area contributed by atoms with Crippen LogP contribution in [0.25, 0.3) is 0 Å². The molecule has 1 aliphatic carbocycles. The Hall–Kier alpha value is -0.400. The summed E-state index contributed by atoms with van der Waals surface area (Å²) in [5, 5.41) is 2.79. The molecule has 0 spiro atoms. The highest BCUT2D eigenvalue weighted by Crippen LogP contribution is 2.38. The van der Waals surface area contributed by atoms with Crippen molar-refractivity contribution in [2.45, 2.75) is 31.7 Å². The van der Waals surface area contributed by atoms with Gasteiger partial charge in [0.25, 0.3) is 5.91 Å². The molecular formula is C12H13Br2NO3S. The van der Waals surface area contributed by atoms with Crippen molar-refractivity contribution < 1.29 is 14.3 Å². The number of carbonyl (C=O) groups is 2. The van der Waals surface area contributed by atoms with E-state index >= 15 is 0 Å². The highest BCUT2D eigenvalue weighted by molar-refractivity contribution is 9.13. The van der Waals surface area contributed by atoms with Crippen molar-refractivity contribution in [1.29, 1.82) is 0 Å². The second kappa shape index (κ2) is 5.93. The first kappa shape index (κ1) is 15.0. The Kier molecular flexibility index (Phi) is 4.68. The second-order valence-corrected chi connectivity index (χ2v) is 7.63. The lowest BCUT2D eigenvalue weighted by Crippen LogP contribution is -2.44. The van der Waals surface area contributed by atoms with Crippen LogP contribution >= 0.6 is 43.2 Å². The van der Waals surface area contributed by atoms with Gasteiger partial charge in [0.1, 0.15) is 5.54 Å². The number of hydrogen-bond donors (Lipinski definition) is 1. The standard InChI is InChI=1S/C12H13Br2NO3S/c1-2-5-18-11(17)12(3-4-12)15-10(16)8-6-7(13)9(14)19-8/h6H,2-5H2,1H3,(H,15,16). The molecule has 0 atom stereocenters. The molecule has 1 N–H and O–H groups in total. The van der Waals surface area contributed by atoms with E-state index in [9.17, 15) is 9.59 Å². The Morgan fingerprint density at radius 2 is 2.16 bits per heavy atom. The molecule has 2 rings (SSSR count). The summed E-state index contributed by atoms with van der Waals surface area (Å²) < 4.78 is 6.81. The van der Waals surface area contributed by atoms with Crippen molar-refractivity contribution >= 4 is 55.1 Å². The summed E-state index contributed by atoms with van der Waals surface area (Å²) in [5.41, 5.74) is -0.796. The van der Waals surface area contributed by atoms with Gasteiger partial charge in [0.2, 0.25) is 0 Å². The molecule has 1 heterocycles. The molecule has 1 aromatic rings. The Morgan fingerprint density at radius 3 is 2.63 bits per heavy atom. The molecule has 0 unspecified atom stereocenters. The van der Waals surface area contributed by atoms with Crippen molar-refractivity contribution in [1.82, 2.24) is 5.32 Å². The molecule has 0 saturated heterocycles. The minimum absolute atomic E-state index is 0.234. The van der Waals surface area contributed by atoms with Crippen LogP contribution in [-0.4, -0.2) is 24.0 Å². The molecule has 1 saturated carbocycles. The highest BCUT2D eigenvalue weighted by Gasteiger charge is 2.52. The summed E-state index contributed by atoms with van der Waals surface area (Å²) in [6, 6.07) is 1.73. The van der Waals surface area contributed by atoms with E-state index in [1.807, 2.05) is 6.92 Å². The fourth-order valence-electron chi connectivity index (χ4n) is 1.58. The van der Waals surface area contributed by atoms with Gasteiger partial charge in [-0.25, -0.2) is 4.79 Å². The molecule has 7 heteroatoms. The predicted octanol–water partition coefficient (Wildman–Crippen LogP) is 3.49. The molecule has 1 fully saturated rings. The van der Waals surface area contributed by atoms with Crippen LogP contribution < -0.4 is 5.32 Å². The fraction of sp³-hybridized carbons (Fsp3) is 0.500. The Morgan fingerprint density at radius 1 is 1.47 bits per heavy atom. The SMILES string of the molecule is CCCOC(=O)C1(NC(=O)c2cc(Br)c(Br)s2)CC1. The van der Waals surface area contributed by atoms with Crippen LogP contribution in [0.3, 0.4) is 0 Å². The third-order valence-corrected chi connectivity index (χ3v) is 6.05. The molecule has 0 aliphatic heterocycles. The van der Waals surface area contributed by atoms with Crippen LogP contribution in [0.15, 0.2) is 14.3 Å². The van der Waals surface area contributed by atoms with Gasteiger partial charge in [-0.2, -0.15) is 0 Å². The van der Waals surface area contributed by atoms with E-state index in [4.69, 9.17) is 4.74 Å². The summed E-state index contributed by atoms with van der Waals surface area (Å²) in [4.78, 5) is 24.5. The van der Waals surface area contributed by atoms with Crippen molar-refractivity contribution in [3.63, 3.8) is 0 Å². The van der Waals surface area contributed by atoms with E-state index in [2.05, 4.69) is 37.2 Å². The summed E-state index contributed by atoms with van der Waals surface area (Å²) >= 11 is 8.00. The third-order valence-electron chi connectivity index (χ3n) is 2.80. The molecule has 1 aliphatic rings. The topological polar surface area (TPSA) is 55.4 Å². The average molecular weight is 411 g/mol. The highest BCUT2D eigenvalue weighted by atomic mass is 79.9. The predicted molar refractivity (Wildman–Crippen MR) is 80.4 cm³/mol. The molecular weight excluding hydrogens is 398 g/mol. The third kappa shape index (κ3) is 3.38. The van der Waals surface area contributed by atoms with Crippen LogP contribution in [0.2, 0.25) is 0 Å². The summed E-state index contributed by atoms with van der Waals surface area (Å²) in [5.74, 6) is -0.556. The number of thiophene rings is 1. The number of halogens is 2. The number of carbonyl (C=O) groups excluding carboxylic acids is 2. The molecule has 0 radical (unpaired) electrons. The van der Waals surface area contributed by atoms with Crippen LogP contribution in [0.4, 0.5) is 0 Å². The number of ether oxygens (including phenoxy) is 1. The van der Waals surface area contributed by atoms with Crippen molar-refractivity contribution in [3.05, 3.63) is 19.2 Å². The maximum atomic E-state index is 12.1. The first-order valence-electron chi connectivity index (χ1n) is 5.93. The van der Waals surface area contributed by atoms with Gasteiger partial charge in [-0.3, -0.25) is 4.79 Å². The second-order valence-electron chi connectivity index (χ2n) is 4.40. The molecule has 4 nitrogen and oxygen atoms in total. The molecule has 1 amide bonds. The van der Waals surface area contributed by atoms with Crippen LogP contribution in [0.1, 0.15) is 35.9 Å². The number of nitrogens with one attached hydrogen (secondary N) is 1.